The fourth-order valence-electron chi connectivity index (χ4n) is 2.82. The molecule has 3 heteroatoms. The SMILES string of the molecule is CC(C1CC1)N(C)Cc1c(CN)oc2ccccc12. The molecule has 1 unspecified atom stereocenters. The summed E-state index contributed by atoms with van der Waals surface area (Å²) in [7, 11) is 2.20. The van der Waals surface area contributed by atoms with Gasteiger partial charge in [0.05, 0.1) is 6.54 Å². The van der Waals surface area contributed by atoms with Gasteiger partial charge in [-0.2, -0.15) is 0 Å². The first-order chi connectivity index (χ1) is 9.20. The Morgan fingerprint density at radius 2 is 2.11 bits per heavy atom. The summed E-state index contributed by atoms with van der Waals surface area (Å²) in [5.41, 5.74) is 8.03. The van der Waals surface area contributed by atoms with Crippen LogP contribution in [0.3, 0.4) is 0 Å². The largest absolute Gasteiger partial charge is 0.459 e. The van der Waals surface area contributed by atoms with Gasteiger partial charge in [-0.15, -0.1) is 0 Å². The summed E-state index contributed by atoms with van der Waals surface area (Å²) in [6, 6.07) is 8.85. The lowest BCUT2D eigenvalue weighted by Gasteiger charge is -2.24. The molecule has 0 amide bonds. The maximum atomic E-state index is 5.85. The Bertz CT molecular complexity index is 571. The smallest absolute Gasteiger partial charge is 0.134 e. The van der Waals surface area contributed by atoms with Crippen molar-refractivity contribution in [2.24, 2.45) is 11.7 Å². The molecule has 102 valence electrons. The molecule has 0 saturated heterocycles. The van der Waals surface area contributed by atoms with Gasteiger partial charge in [-0.1, -0.05) is 18.2 Å². The molecule has 0 radical (unpaired) electrons. The Kier molecular flexibility index (Phi) is 3.33. The molecule has 1 atom stereocenters. The summed E-state index contributed by atoms with van der Waals surface area (Å²) < 4.78 is 5.85. The zero-order valence-corrected chi connectivity index (χ0v) is 11.7. The second kappa shape index (κ2) is 4.99. The van der Waals surface area contributed by atoms with E-state index in [9.17, 15) is 0 Å². The Balaban J connectivity index is 1.90. The van der Waals surface area contributed by atoms with E-state index < -0.39 is 0 Å². The summed E-state index contributed by atoms with van der Waals surface area (Å²) in [6.45, 7) is 3.71. The van der Waals surface area contributed by atoms with E-state index in [1.807, 2.05) is 12.1 Å². The third-order valence-electron chi connectivity index (χ3n) is 4.37. The van der Waals surface area contributed by atoms with Gasteiger partial charge in [0, 0.05) is 23.5 Å². The quantitative estimate of drug-likeness (QED) is 0.896. The number of furan rings is 1. The van der Waals surface area contributed by atoms with Crippen molar-refractivity contribution >= 4 is 11.0 Å². The highest BCUT2D eigenvalue weighted by atomic mass is 16.3. The molecular formula is C16H22N2O. The summed E-state index contributed by atoms with van der Waals surface area (Å²) in [5.74, 6) is 1.81. The number of para-hydroxylation sites is 1. The van der Waals surface area contributed by atoms with E-state index in [2.05, 4.69) is 31.0 Å². The van der Waals surface area contributed by atoms with Gasteiger partial charge in [-0.25, -0.2) is 0 Å². The van der Waals surface area contributed by atoms with Crippen molar-refractivity contribution < 1.29 is 4.42 Å². The van der Waals surface area contributed by atoms with Crippen LogP contribution in [0, 0.1) is 5.92 Å². The van der Waals surface area contributed by atoms with Crippen LogP contribution in [-0.4, -0.2) is 18.0 Å². The number of hydrogen-bond acceptors (Lipinski definition) is 3. The van der Waals surface area contributed by atoms with Crippen molar-refractivity contribution in [3.63, 3.8) is 0 Å². The van der Waals surface area contributed by atoms with Gasteiger partial charge in [0.25, 0.3) is 0 Å². The molecule has 1 aliphatic carbocycles. The molecule has 1 saturated carbocycles. The minimum absolute atomic E-state index is 0.468. The number of rotatable bonds is 5. The van der Waals surface area contributed by atoms with Crippen LogP contribution in [-0.2, 0) is 13.1 Å². The Labute approximate surface area is 114 Å². The lowest BCUT2D eigenvalue weighted by Crippen LogP contribution is -2.30. The van der Waals surface area contributed by atoms with Crippen molar-refractivity contribution in [2.45, 2.75) is 38.9 Å². The van der Waals surface area contributed by atoms with Gasteiger partial charge in [-0.3, -0.25) is 4.90 Å². The number of nitrogens with two attached hydrogens (primary N) is 1. The first-order valence-electron chi connectivity index (χ1n) is 7.10. The molecule has 1 aromatic heterocycles. The summed E-state index contributed by atoms with van der Waals surface area (Å²) >= 11 is 0. The maximum absolute atomic E-state index is 5.85. The zero-order valence-electron chi connectivity index (χ0n) is 11.7. The Morgan fingerprint density at radius 3 is 2.79 bits per heavy atom. The van der Waals surface area contributed by atoms with Crippen molar-refractivity contribution in [3.8, 4) is 0 Å². The molecule has 1 heterocycles. The summed E-state index contributed by atoms with van der Waals surface area (Å²) in [5, 5.41) is 1.21. The molecule has 3 rings (SSSR count). The predicted octanol–water partition coefficient (Wildman–Crippen LogP) is 3.12. The van der Waals surface area contributed by atoms with Crippen LogP contribution >= 0.6 is 0 Å². The van der Waals surface area contributed by atoms with Crippen LogP contribution in [0.15, 0.2) is 28.7 Å². The monoisotopic (exact) mass is 258 g/mol. The minimum Gasteiger partial charge on any atom is -0.459 e. The van der Waals surface area contributed by atoms with E-state index >= 15 is 0 Å². The van der Waals surface area contributed by atoms with E-state index in [-0.39, 0.29) is 0 Å². The van der Waals surface area contributed by atoms with Crippen molar-refractivity contribution in [3.05, 3.63) is 35.6 Å². The first kappa shape index (κ1) is 12.7. The van der Waals surface area contributed by atoms with Crippen LogP contribution < -0.4 is 5.73 Å². The lowest BCUT2D eigenvalue weighted by atomic mass is 10.1. The van der Waals surface area contributed by atoms with Crippen molar-refractivity contribution in [1.29, 1.82) is 0 Å². The van der Waals surface area contributed by atoms with Gasteiger partial charge >= 0.3 is 0 Å². The molecule has 1 aliphatic rings. The molecule has 3 nitrogen and oxygen atoms in total. The number of benzene rings is 1. The molecule has 0 bridgehead atoms. The predicted molar refractivity (Wildman–Crippen MR) is 77.8 cm³/mol. The van der Waals surface area contributed by atoms with E-state index in [4.69, 9.17) is 10.2 Å². The van der Waals surface area contributed by atoms with E-state index in [0.29, 0.717) is 12.6 Å². The molecule has 0 aliphatic heterocycles. The highest BCUT2D eigenvalue weighted by Gasteiger charge is 2.31. The number of hydrogen-bond donors (Lipinski definition) is 1. The Hall–Kier alpha value is -1.32. The molecular weight excluding hydrogens is 236 g/mol. The third-order valence-corrected chi connectivity index (χ3v) is 4.37. The second-order valence-corrected chi connectivity index (χ2v) is 5.70. The highest BCUT2D eigenvalue weighted by Crippen LogP contribution is 2.36. The molecule has 1 fully saturated rings. The summed E-state index contributed by atoms with van der Waals surface area (Å²) in [6.07, 6.45) is 2.75. The molecule has 2 N–H and O–H groups in total. The van der Waals surface area contributed by atoms with Crippen LogP contribution in [0.4, 0.5) is 0 Å². The standard InChI is InChI=1S/C16H22N2O/c1-11(12-7-8-12)18(2)10-14-13-5-3-4-6-15(13)19-16(14)9-17/h3-6,11-12H,7-10,17H2,1-2H3. The van der Waals surface area contributed by atoms with Gasteiger partial charge in [0.2, 0.25) is 0 Å². The van der Waals surface area contributed by atoms with Crippen LogP contribution in [0.25, 0.3) is 11.0 Å². The fourth-order valence-corrected chi connectivity index (χ4v) is 2.82. The molecule has 0 spiro atoms. The van der Waals surface area contributed by atoms with E-state index in [1.54, 1.807) is 0 Å². The van der Waals surface area contributed by atoms with Crippen LogP contribution in [0.2, 0.25) is 0 Å². The lowest BCUT2D eigenvalue weighted by molar-refractivity contribution is 0.225. The van der Waals surface area contributed by atoms with Gasteiger partial charge < -0.3 is 10.2 Å². The molecule has 19 heavy (non-hydrogen) atoms. The minimum atomic E-state index is 0.468. The normalized spacial score (nSPS) is 17.3. The number of nitrogens with zero attached hydrogens (tertiary/aromatic N) is 1. The highest BCUT2D eigenvalue weighted by molar-refractivity contribution is 5.82. The third kappa shape index (κ3) is 2.40. The topological polar surface area (TPSA) is 42.4 Å². The Morgan fingerprint density at radius 1 is 1.37 bits per heavy atom. The van der Waals surface area contributed by atoms with Crippen LogP contribution in [0.1, 0.15) is 31.1 Å². The second-order valence-electron chi connectivity index (χ2n) is 5.70. The first-order valence-corrected chi connectivity index (χ1v) is 7.10. The van der Waals surface area contributed by atoms with Crippen LogP contribution in [0.5, 0.6) is 0 Å². The zero-order chi connectivity index (χ0) is 13.4. The average Bonchev–Trinajstić information content (AvgIpc) is 3.22. The molecule has 1 aromatic carbocycles. The molecule has 2 aromatic rings. The van der Waals surface area contributed by atoms with Gasteiger partial charge in [0.15, 0.2) is 0 Å². The van der Waals surface area contributed by atoms with Gasteiger partial charge in [0.1, 0.15) is 11.3 Å². The fraction of sp³-hybridized carbons (Fsp3) is 0.500. The van der Waals surface area contributed by atoms with Gasteiger partial charge in [-0.05, 0) is 38.8 Å². The number of fused-ring (bicyclic) bond motifs is 1. The van der Waals surface area contributed by atoms with E-state index in [1.165, 1.54) is 23.8 Å². The average molecular weight is 258 g/mol. The summed E-state index contributed by atoms with van der Waals surface area (Å²) in [4.78, 5) is 2.42. The van der Waals surface area contributed by atoms with Crippen molar-refractivity contribution in [2.75, 3.05) is 7.05 Å². The van der Waals surface area contributed by atoms with E-state index in [0.717, 1.165) is 23.8 Å². The maximum Gasteiger partial charge on any atom is 0.134 e. The van der Waals surface area contributed by atoms with Crippen molar-refractivity contribution in [1.82, 2.24) is 4.90 Å².